The SMILES string of the molecule is COc1cc(C(=O)N2CCCC[C@H]2CNC(N)=O)ccc1C. The number of hydrogen-bond acceptors (Lipinski definition) is 3. The van der Waals surface area contributed by atoms with Gasteiger partial charge in [-0.1, -0.05) is 6.07 Å². The number of hydrogen-bond donors (Lipinski definition) is 2. The number of amides is 3. The van der Waals surface area contributed by atoms with Crippen molar-refractivity contribution in [1.29, 1.82) is 0 Å². The number of primary amides is 1. The molecule has 0 radical (unpaired) electrons. The highest BCUT2D eigenvalue weighted by atomic mass is 16.5. The summed E-state index contributed by atoms with van der Waals surface area (Å²) in [7, 11) is 1.59. The van der Waals surface area contributed by atoms with Gasteiger partial charge in [0.1, 0.15) is 5.75 Å². The van der Waals surface area contributed by atoms with Crippen molar-refractivity contribution in [3.8, 4) is 5.75 Å². The summed E-state index contributed by atoms with van der Waals surface area (Å²) >= 11 is 0. The number of rotatable bonds is 4. The molecule has 3 N–H and O–H groups in total. The van der Waals surface area contributed by atoms with Crippen LogP contribution in [-0.2, 0) is 0 Å². The zero-order chi connectivity index (χ0) is 16.1. The Morgan fingerprint density at radius 1 is 1.41 bits per heavy atom. The van der Waals surface area contributed by atoms with Crippen LogP contribution in [-0.4, -0.2) is 43.1 Å². The number of nitrogens with one attached hydrogen (secondary N) is 1. The number of benzene rings is 1. The van der Waals surface area contributed by atoms with Crippen LogP contribution in [0.1, 0.15) is 35.2 Å². The Morgan fingerprint density at radius 3 is 2.86 bits per heavy atom. The molecule has 6 nitrogen and oxygen atoms in total. The van der Waals surface area contributed by atoms with Gasteiger partial charge in [-0.15, -0.1) is 0 Å². The molecule has 1 atom stereocenters. The van der Waals surface area contributed by atoms with E-state index in [9.17, 15) is 9.59 Å². The van der Waals surface area contributed by atoms with Crippen LogP contribution in [0.5, 0.6) is 5.75 Å². The molecule has 2 rings (SSSR count). The maximum Gasteiger partial charge on any atom is 0.312 e. The topological polar surface area (TPSA) is 84.7 Å². The first-order valence-electron chi connectivity index (χ1n) is 7.52. The number of ether oxygens (including phenoxy) is 1. The summed E-state index contributed by atoms with van der Waals surface area (Å²) in [5.41, 5.74) is 6.72. The second-order valence-electron chi connectivity index (χ2n) is 5.58. The molecular weight excluding hydrogens is 282 g/mol. The molecule has 22 heavy (non-hydrogen) atoms. The predicted molar refractivity (Wildman–Crippen MR) is 84.0 cm³/mol. The minimum Gasteiger partial charge on any atom is -0.496 e. The number of likely N-dealkylation sites (tertiary alicyclic amines) is 1. The lowest BCUT2D eigenvalue weighted by Crippen LogP contribution is -2.50. The van der Waals surface area contributed by atoms with Crippen molar-refractivity contribution in [2.45, 2.75) is 32.2 Å². The van der Waals surface area contributed by atoms with Crippen molar-refractivity contribution in [2.24, 2.45) is 5.73 Å². The second kappa shape index (κ2) is 7.15. The van der Waals surface area contributed by atoms with E-state index >= 15 is 0 Å². The minimum absolute atomic E-state index is 0.0129. The second-order valence-corrected chi connectivity index (χ2v) is 5.58. The highest BCUT2D eigenvalue weighted by Gasteiger charge is 2.27. The summed E-state index contributed by atoms with van der Waals surface area (Å²) in [6.07, 6.45) is 2.89. The van der Waals surface area contributed by atoms with Gasteiger partial charge in [0, 0.05) is 24.7 Å². The lowest BCUT2D eigenvalue weighted by Gasteiger charge is -2.36. The summed E-state index contributed by atoms with van der Waals surface area (Å²) in [6.45, 7) is 3.03. The molecule has 1 saturated heterocycles. The van der Waals surface area contributed by atoms with Gasteiger partial charge in [-0.05, 0) is 43.9 Å². The van der Waals surface area contributed by atoms with Gasteiger partial charge in [0.25, 0.3) is 5.91 Å². The van der Waals surface area contributed by atoms with Crippen LogP contribution in [0.15, 0.2) is 18.2 Å². The van der Waals surface area contributed by atoms with Crippen LogP contribution in [0.4, 0.5) is 4.79 Å². The molecular formula is C16H23N3O3. The molecule has 3 amide bonds. The monoisotopic (exact) mass is 305 g/mol. The van der Waals surface area contributed by atoms with E-state index in [4.69, 9.17) is 10.5 Å². The largest absolute Gasteiger partial charge is 0.496 e. The van der Waals surface area contributed by atoms with Crippen LogP contribution in [0.25, 0.3) is 0 Å². The summed E-state index contributed by atoms with van der Waals surface area (Å²) in [5.74, 6) is 0.670. The summed E-state index contributed by atoms with van der Waals surface area (Å²) in [6, 6.07) is 4.89. The molecule has 0 unspecified atom stereocenters. The van der Waals surface area contributed by atoms with E-state index in [1.165, 1.54) is 0 Å². The number of carbonyl (C=O) groups is 2. The molecule has 6 heteroatoms. The van der Waals surface area contributed by atoms with Crippen molar-refractivity contribution in [3.63, 3.8) is 0 Å². The molecule has 120 valence electrons. The fraction of sp³-hybridized carbons (Fsp3) is 0.500. The van der Waals surface area contributed by atoms with Crippen LogP contribution >= 0.6 is 0 Å². The van der Waals surface area contributed by atoms with E-state index in [-0.39, 0.29) is 11.9 Å². The predicted octanol–water partition coefficient (Wildman–Crippen LogP) is 1.67. The third kappa shape index (κ3) is 3.69. The summed E-state index contributed by atoms with van der Waals surface area (Å²) < 4.78 is 5.28. The number of piperidine rings is 1. The molecule has 1 aromatic rings. The average Bonchev–Trinajstić information content (AvgIpc) is 2.53. The first-order valence-corrected chi connectivity index (χ1v) is 7.52. The molecule has 0 spiro atoms. The van der Waals surface area contributed by atoms with Crippen LogP contribution in [0, 0.1) is 6.92 Å². The van der Waals surface area contributed by atoms with E-state index in [0.717, 1.165) is 24.8 Å². The number of aryl methyl sites for hydroxylation is 1. The van der Waals surface area contributed by atoms with Gasteiger partial charge in [0.05, 0.1) is 7.11 Å². The number of urea groups is 1. The van der Waals surface area contributed by atoms with E-state index in [2.05, 4.69) is 5.32 Å². The van der Waals surface area contributed by atoms with Crippen LogP contribution in [0.3, 0.4) is 0 Å². The van der Waals surface area contributed by atoms with Gasteiger partial charge < -0.3 is 20.7 Å². The standard InChI is InChI=1S/C16H23N3O3/c1-11-6-7-12(9-14(11)22-2)15(20)19-8-4-3-5-13(19)10-18-16(17)21/h6-7,9,13H,3-5,8,10H2,1-2H3,(H3,17,18,21)/t13-/m0/s1. The van der Waals surface area contributed by atoms with Gasteiger partial charge in [-0.2, -0.15) is 0 Å². The molecule has 0 saturated carbocycles. The lowest BCUT2D eigenvalue weighted by atomic mass is 10.00. The maximum absolute atomic E-state index is 12.8. The molecule has 1 aliphatic rings. The Morgan fingerprint density at radius 2 is 2.18 bits per heavy atom. The Hall–Kier alpha value is -2.24. The number of methoxy groups -OCH3 is 1. The minimum atomic E-state index is -0.560. The number of nitrogens with two attached hydrogens (primary N) is 1. The lowest BCUT2D eigenvalue weighted by molar-refractivity contribution is 0.0615. The third-order valence-electron chi connectivity index (χ3n) is 4.05. The first kappa shape index (κ1) is 16.1. The van der Waals surface area contributed by atoms with Gasteiger partial charge in [0.2, 0.25) is 0 Å². The summed E-state index contributed by atoms with van der Waals surface area (Å²) in [5, 5.41) is 2.60. The molecule has 0 aromatic heterocycles. The molecule has 0 aliphatic carbocycles. The fourth-order valence-corrected chi connectivity index (χ4v) is 2.82. The molecule has 1 aromatic carbocycles. The highest BCUT2D eigenvalue weighted by molar-refractivity contribution is 5.95. The number of carbonyl (C=O) groups excluding carboxylic acids is 2. The van der Waals surface area contributed by atoms with E-state index in [1.54, 1.807) is 13.2 Å². The summed E-state index contributed by atoms with van der Waals surface area (Å²) in [4.78, 5) is 25.5. The number of nitrogens with zero attached hydrogens (tertiary/aromatic N) is 1. The fourth-order valence-electron chi connectivity index (χ4n) is 2.82. The van der Waals surface area contributed by atoms with Gasteiger partial charge in [0.15, 0.2) is 0 Å². The first-order chi connectivity index (χ1) is 10.5. The van der Waals surface area contributed by atoms with Crippen molar-refractivity contribution in [3.05, 3.63) is 29.3 Å². The Kier molecular flexibility index (Phi) is 5.25. The average molecular weight is 305 g/mol. The normalized spacial score (nSPS) is 17.9. The van der Waals surface area contributed by atoms with E-state index < -0.39 is 6.03 Å². The molecule has 1 heterocycles. The van der Waals surface area contributed by atoms with E-state index in [0.29, 0.717) is 24.4 Å². The van der Waals surface area contributed by atoms with Crippen molar-refractivity contribution >= 4 is 11.9 Å². The third-order valence-corrected chi connectivity index (χ3v) is 4.05. The van der Waals surface area contributed by atoms with Crippen LogP contribution < -0.4 is 15.8 Å². The quantitative estimate of drug-likeness (QED) is 0.887. The highest BCUT2D eigenvalue weighted by Crippen LogP contribution is 2.23. The van der Waals surface area contributed by atoms with Crippen LogP contribution in [0.2, 0.25) is 0 Å². The Labute approximate surface area is 130 Å². The molecule has 0 bridgehead atoms. The zero-order valence-corrected chi connectivity index (χ0v) is 13.1. The van der Waals surface area contributed by atoms with Gasteiger partial charge >= 0.3 is 6.03 Å². The Balaban J connectivity index is 2.16. The Bertz CT molecular complexity index is 560. The van der Waals surface area contributed by atoms with Crippen molar-refractivity contribution in [1.82, 2.24) is 10.2 Å². The van der Waals surface area contributed by atoms with Crippen molar-refractivity contribution in [2.75, 3.05) is 20.2 Å². The maximum atomic E-state index is 12.8. The smallest absolute Gasteiger partial charge is 0.312 e. The van der Waals surface area contributed by atoms with Crippen molar-refractivity contribution < 1.29 is 14.3 Å². The van der Waals surface area contributed by atoms with E-state index in [1.807, 2.05) is 24.0 Å². The zero-order valence-electron chi connectivity index (χ0n) is 13.1. The van der Waals surface area contributed by atoms with Gasteiger partial charge in [-0.3, -0.25) is 4.79 Å². The van der Waals surface area contributed by atoms with Gasteiger partial charge in [-0.25, -0.2) is 4.79 Å². The molecule has 1 fully saturated rings. The molecule has 1 aliphatic heterocycles.